The van der Waals surface area contributed by atoms with E-state index >= 15 is 0 Å². The summed E-state index contributed by atoms with van der Waals surface area (Å²) in [6, 6.07) is 15.5. The fourth-order valence-corrected chi connectivity index (χ4v) is 5.70. The summed E-state index contributed by atoms with van der Waals surface area (Å²) in [5, 5.41) is 15.5. The second-order valence-corrected chi connectivity index (χ2v) is 10.4. The number of amides is 2. The zero-order chi connectivity index (χ0) is 27.4. The molecule has 206 valence electrons. The highest BCUT2D eigenvalue weighted by Gasteiger charge is 2.58. The van der Waals surface area contributed by atoms with E-state index in [0.717, 1.165) is 37.1 Å². The number of hydrogen-bond acceptors (Lipinski definition) is 5. The van der Waals surface area contributed by atoms with E-state index in [2.05, 4.69) is 24.1 Å². The molecule has 0 saturated heterocycles. The standard InChI is InChI=1S/C31H44N4O3/c1-3-22-35(23-4-2)29(38)30(18-11-19-33-21-15-26-14-8-9-20-34-26)16-10-17-31(27(30)36,28(32)37)24-25-12-6-5-7-13-25/h5-10,12-14,17,20,27,33,36H,3-4,11,15-16,18-19,21-24H2,1-2H3,(H2,32,37)/t27-,30?,31-/m1/s1. The van der Waals surface area contributed by atoms with E-state index in [1.165, 1.54) is 0 Å². The molecule has 2 amide bonds. The zero-order valence-corrected chi connectivity index (χ0v) is 22.9. The van der Waals surface area contributed by atoms with E-state index in [1.54, 1.807) is 12.3 Å². The number of nitrogens with two attached hydrogens (primary N) is 1. The van der Waals surface area contributed by atoms with Gasteiger partial charge in [0.15, 0.2) is 0 Å². The monoisotopic (exact) mass is 520 g/mol. The summed E-state index contributed by atoms with van der Waals surface area (Å²) in [4.78, 5) is 33.5. The second-order valence-electron chi connectivity index (χ2n) is 10.4. The largest absolute Gasteiger partial charge is 0.391 e. The number of primary amides is 1. The van der Waals surface area contributed by atoms with E-state index in [0.29, 0.717) is 38.9 Å². The van der Waals surface area contributed by atoms with Crippen molar-refractivity contribution in [1.82, 2.24) is 15.2 Å². The van der Waals surface area contributed by atoms with Crippen molar-refractivity contribution in [2.24, 2.45) is 16.6 Å². The van der Waals surface area contributed by atoms with Crippen LogP contribution in [-0.4, -0.2) is 59.1 Å². The van der Waals surface area contributed by atoms with Gasteiger partial charge >= 0.3 is 0 Å². The minimum atomic E-state index is -1.36. The van der Waals surface area contributed by atoms with Crippen molar-refractivity contribution in [3.8, 4) is 0 Å². The Morgan fingerprint density at radius 2 is 1.79 bits per heavy atom. The molecule has 3 atom stereocenters. The molecule has 0 spiro atoms. The summed E-state index contributed by atoms with van der Waals surface area (Å²) in [6.07, 6.45) is 8.45. The molecule has 7 nitrogen and oxygen atoms in total. The van der Waals surface area contributed by atoms with Crippen molar-refractivity contribution >= 4 is 11.8 Å². The van der Waals surface area contributed by atoms with Gasteiger partial charge in [0.05, 0.1) is 16.9 Å². The third-order valence-electron chi connectivity index (χ3n) is 7.67. The minimum absolute atomic E-state index is 0.0785. The Kier molecular flexibility index (Phi) is 11.0. The van der Waals surface area contributed by atoms with Gasteiger partial charge in [-0.3, -0.25) is 14.6 Å². The molecule has 4 N–H and O–H groups in total. The van der Waals surface area contributed by atoms with Crippen LogP contribution >= 0.6 is 0 Å². The third-order valence-corrected chi connectivity index (χ3v) is 7.67. The lowest BCUT2D eigenvalue weighted by atomic mass is 9.58. The molecule has 0 fully saturated rings. The van der Waals surface area contributed by atoms with Crippen molar-refractivity contribution in [3.05, 3.63) is 78.1 Å². The first kappa shape index (κ1) is 29.5. The Morgan fingerprint density at radius 1 is 1.08 bits per heavy atom. The number of rotatable bonds is 15. The summed E-state index contributed by atoms with van der Waals surface area (Å²) < 4.78 is 0. The smallest absolute Gasteiger partial charge is 0.231 e. The number of nitrogens with zero attached hydrogens (tertiary/aromatic N) is 2. The van der Waals surface area contributed by atoms with Crippen LogP contribution in [0.4, 0.5) is 0 Å². The second kappa shape index (κ2) is 14.2. The van der Waals surface area contributed by atoms with Gasteiger partial charge < -0.3 is 21.1 Å². The van der Waals surface area contributed by atoms with Crippen molar-refractivity contribution in [2.45, 2.75) is 64.9 Å². The summed E-state index contributed by atoms with van der Waals surface area (Å²) >= 11 is 0. The molecule has 0 aliphatic heterocycles. The fourth-order valence-electron chi connectivity index (χ4n) is 5.70. The van der Waals surface area contributed by atoms with Gasteiger partial charge in [0.2, 0.25) is 11.8 Å². The molecule has 1 unspecified atom stereocenters. The first-order valence-corrected chi connectivity index (χ1v) is 14.0. The highest BCUT2D eigenvalue weighted by Crippen LogP contribution is 2.48. The molecule has 0 radical (unpaired) electrons. The van der Waals surface area contributed by atoms with Crippen LogP contribution in [0, 0.1) is 10.8 Å². The number of pyridine rings is 1. The van der Waals surface area contributed by atoms with E-state index in [9.17, 15) is 14.7 Å². The van der Waals surface area contributed by atoms with Crippen molar-refractivity contribution in [2.75, 3.05) is 26.2 Å². The van der Waals surface area contributed by atoms with Gasteiger partial charge in [-0.05, 0) is 62.8 Å². The third kappa shape index (κ3) is 6.88. The van der Waals surface area contributed by atoms with Crippen molar-refractivity contribution in [3.63, 3.8) is 0 Å². The van der Waals surface area contributed by atoms with Gasteiger partial charge in [0.1, 0.15) is 0 Å². The number of aliphatic hydroxyl groups is 1. The maximum atomic E-state index is 14.2. The molecule has 1 heterocycles. The number of allylic oxidation sites excluding steroid dienone is 1. The molecule has 1 aliphatic carbocycles. The van der Waals surface area contributed by atoms with Gasteiger partial charge in [0, 0.05) is 37.9 Å². The van der Waals surface area contributed by atoms with Crippen LogP contribution in [0.5, 0.6) is 0 Å². The number of carbonyl (C=O) groups excluding carboxylic acids is 2. The number of aromatic nitrogens is 1. The van der Waals surface area contributed by atoms with E-state index in [1.807, 2.05) is 59.5 Å². The van der Waals surface area contributed by atoms with Gasteiger partial charge in [-0.15, -0.1) is 0 Å². The summed E-state index contributed by atoms with van der Waals surface area (Å²) in [7, 11) is 0. The van der Waals surface area contributed by atoms with Crippen LogP contribution in [-0.2, 0) is 22.4 Å². The minimum Gasteiger partial charge on any atom is -0.391 e. The first-order chi connectivity index (χ1) is 18.4. The Hall–Kier alpha value is -3.03. The summed E-state index contributed by atoms with van der Waals surface area (Å²) in [5.41, 5.74) is 5.46. The molecule has 7 heteroatoms. The molecular formula is C31H44N4O3. The van der Waals surface area contributed by atoms with Crippen LogP contribution in [0.1, 0.15) is 57.2 Å². The lowest BCUT2D eigenvalue weighted by Crippen LogP contribution is -2.61. The van der Waals surface area contributed by atoms with Gasteiger partial charge in [-0.1, -0.05) is 62.4 Å². The van der Waals surface area contributed by atoms with Crippen LogP contribution in [0.2, 0.25) is 0 Å². The van der Waals surface area contributed by atoms with Gasteiger partial charge in [-0.2, -0.15) is 0 Å². The maximum absolute atomic E-state index is 14.2. The lowest BCUT2D eigenvalue weighted by molar-refractivity contribution is -0.162. The van der Waals surface area contributed by atoms with Gasteiger partial charge in [0.25, 0.3) is 0 Å². The molecule has 1 aliphatic rings. The Bertz CT molecular complexity index is 1040. The van der Waals surface area contributed by atoms with E-state index < -0.39 is 22.8 Å². The summed E-state index contributed by atoms with van der Waals surface area (Å²) in [5.74, 6) is -0.682. The fraction of sp³-hybridized carbons (Fsp3) is 0.516. The average molecular weight is 521 g/mol. The van der Waals surface area contributed by atoms with E-state index in [4.69, 9.17) is 5.73 Å². The average Bonchev–Trinajstić information content (AvgIpc) is 2.93. The van der Waals surface area contributed by atoms with Crippen molar-refractivity contribution < 1.29 is 14.7 Å². The number of benzene rings is 1. The lowest BCUT2D eigenvalue weighted by Gasteiger charge is -2.49. The zero-order valence-electron chi connectivity index (χ0n) is 22.9. The van der Waals surface area contributed by atoms with Crippen molar-refractivity contribution in [1.29, 1.82) is 0 Å². The summed E-state index contributed by atoms with van der Waals surface area (Å²) in [6.45, 7) is 6.81. The molecule has 3 rings (SSSR count). The molecule has 2 aromatic rings. The molecule has 38 heavy (non-hydrogen) atoms. The van der Waals surface area contributed by atoms with Crippen LogP contribution in [0.15, 0.2) is 66.9 Å². The molecule has 1 aromatic carbocycles. The molecular weight excluding hydrogens is 476 g/mol. The number of aliphatic hydroxyl groups excluding tert-OH is 1. The Labute approximate surface area is 227 Å². The molecule has 1 aromatic heterocycles. The van der Waals surface area contributed by atoms with Crippen LogP contribution in [0.25, 0.3) is 0 Å². The first-order valence-electron chi connectivity index (χ1n) is 14.0. The quantitative estimate of drug-likeness (QED) is 0.245. The van der Waals surface area contributed by atoms with Crippen LogP contribution < -0.4 is 11.1 Å². The van der Waals surface area contributed by atoms with Gasteiger partial charge in [-0.25, -0.2) is 0 Å². The predicted octanol–water partition coefficient (Wildman–Crippen LogP) is 3.66. The topological polar surface area (TPSA) is 109 Å². The highest BCUT2D eigenvalue weighted by atomic mass is 16.3. The number of hydrogen-bond donors (Lipinski definition) is 3. The Morgan fingerprint density at radius 3 is 2.42 bits per heavy atom. The Balaban J connectivity index is 1.83. The maximum Gasteiger partial charge on any atom is 0.231 e. The number of carbonyl (C=O) groups is 2. The SMILES string of the molecule is CCCN(CCC)C(=O)C1(CCCNCCc2ccccn2)CC=C[C@](Cc2ccccc2)(C(N)=O)[C@@H]1O. The molecule has 0 bridgehead atoms. The van der Waals surface area contributed by atoms with Crippen LogP contribution in [0.3, 0.4) is 0 Å². The highest BCUT2D eigenvalue weighted by molar-refractivity contribution is 5.89. The predicted molar refractivity (Wildman–Crippen MR) is 151 cm³/mol. The normalized spacial score (nSPS) is 22.8. The molecule has 0 saturated carbocycles. The van der Waals surface area contributed by atoms with E-state index in [-0.39, 0.29) is 12.3 Å². The number of nitrogens with one attached hydrogen (secondary N) is 1.